The molecule has 2 atom stereocenters. The summed E-state index contributed by atoms with van der Waals surface area (Å²) in [6.07, 6.45) is 3.81. The number of hydrogen-bond donors (Lipinski definition) is 2. The molecule has 2 heterocycles. The zero-order valence-corrected chi connectivity index (χ0v) is 17.8. The van der Waals surface area contributed by atoms with Crippen LogP contribution in [0.25, 0.3) is 0 Å². The van der Waals surface area contributed by atoms with Crippen molar-refractivity contribution in [3.8, 4) is 0 Å². The molecule has 2 aromatic rings. The van der Waals surface area contributed by atoms with E-state index in [1.165, 1.54) is 5.56 Å². The Balaban J connectivity index is 0.00000288. The third-order valence-electron chi connectivity index (χ3n) is 3.65. The third kappa shape index (κ3) is 7.21. The largest absolute Gasteiger partial charge is 0.357 e. The second-order valence-corrected chi connectivity index (χ2v) is 6.67. The molecule has 5 nitrogen and oxygen atoms in total. The maximum atomic E-state index is 4.70. The molecule has 2 aromatic heterocycles. The Bertz CT molecular complexity index is 568. The van der Waals surface area contributed by atoms with E-state index >= 15 is 0 Å². The maximum Gasteiger partial charge on any atom is 0.191 e. The molecule has 0 aromatic carbocycles. The molecule has 0 fully saturated rings. The molecule has 0 spiro atoms. The normalized spacial score (nSPS) is 13.9. The number of halogens is 1. The van der Waals surface area contributed by atoms with Crippen molar-refractivity contribution in [2.24, 2.45) is 10.9 Å². The molecule has 2 N–H and O–H groups in total. The van der Waals surface area contributed by atoms with E-state index in [2.05, 4.69) is 53.3 Å². The van der Waals surface area contributed by atoms with Gasteiger partial charge in [0.1, 0.15) is 0 Å². The number of aliphatic imine (C=N–C) groups is 1. The van der Waals surface area contributed by atoms with Crippen LogP contribution in [0.5, 0.6) is 0 Å². The molecule has 0 aliphatic heterocycles. The van der Waals surface area contributed by atoms with Gasteiger partial charge in [0.15, 0.2) is 5.96 Å². The summed E-state index contributed by atoms with van der Waals surface area (Å²) in [4.78, 5) is 4.70. The van der Waals surface area contributed by atoms with Crippen LogP contribution in [0.3, 0.4) is 0 Å². The lowest BCUT2D eigenvalue weighted by Crippen LogP contribution is -2.39. The van der Waals surface area contributed by atoms with Gasteiger partial charge in [0.25, 0.3) is 0 Å². The molecule has 134 valence electrons. The average molecular weight is 461 g/mol. The number of nitrogens with one attached hydrogen (secondary N) is 2. The number of hydrogen-bond acceptors (Lipinski definition) is 3. The Kier molecular flexibility index (Phi) is 10.0. The Morgan fingerprint density at radius 2 is 2.21 bits per heavy atom. The second kappa shape index (κ2) is 11.5. The highest BCUT2D eigenvalue weighted by Crippen LogP contribution is 2.16. The molecule has 24 heavy (non-hydrogen) atoms. The monoisotopic (exact) mass is 461 g/mol. The minimum absolute atomic E-state index is 0. The van der Waals surface area contributed by atoms with E-state index in [1.807, 2.05) is 23.1 Å². The number of rotatable bonds is 8. The predicted molar refractivity (Wildman–Crippen MR) is 114 cm³/mol. The smallest absolute Gasteiger partial charge is 0.191 e. The van der Waals surface area contributed by atoms with E-state index in [1.54, 1.807) is 11.3 Å². The Hall–Kier alpha value is -1.09. The molecule has 0 amide bonds. The first kappa shape index (κ1) is 21.0. The van der Waals surface area contributed by atoms with Crippen LogP contribution < -0.4 is 10.6 Å². The summed E-state index contributed by atoms with van der Waals surface area (Å²) in [5, 5.41) is 15.3. The zero-order chi connectivity index (χ0) is 16.5. The molecule has 7 heteroatoms. The summed E-state index contributed by atoms with van der Waals surface area (Å²) in [7, 11) is 0. The summed E-state index contributed by atoms with van der Waals surface area (Å²) in [5.74, 6) is 1.81. The quantitative estimate of drug-likeness (QED) is 0.359. The van der Waals surface area contributed by atoms with Crippen LogP contribution in [-0.4, -0.2) is 35.4 Å². The molecule has 0 saturated heterocycles. The summed E-state index contributed by atoms with van der Waals surface area (Å²) in [6.45, 7) is 9.94. The number of thiophene rings is 1. The molecule has 0 aliphatic carbocycles. The summed E-state index contributed by atoms with van der Waals surface area (Å²) in [6, 6.07) is 4.14. The van der Waals surface area contributed by atoms with Gasteiger partial charge in [-0.15, -0.1) is 24.0 Å². The van der Waals surface area contributed by atoms with E-state index in [9.17, 15) is 0 Å². The van der Waals surface area contributed by atoms with Gasteiger partial charge in [0.05, 0.1) is 0 Å². The number of nitrogens with zero attached hydrogens (tertiary/aromatic N) is 3. The highest BCUT2D eigenvalue weighted by molar-refractivity contribution is 14.0. The molecular weight excluding hydrogens is 433 g/mol. The number of aromatic nitrogens is 2. The van der Waals surface area contributed by atoms with Crippen LogP contribution in [-0.2, 0) is 6.54 Å². The van der Waals surface area contributed by atoms with Crippen LogP contribution in [0.4, 0.5) is 0 Å². The summed E-state index contributed by atoms with van der Waals surface area (Å²) < 4.78 is 1.96. The van der Waals surface area contributed by atoms with Gasteiger partial charge >= 0.3 is 0 Å². The van der Waals surface area contributed by atoms with Crippen molar-refractivity contribution in [1.82, 2.24) is 20.4 Å². The molecule has 0 saturated carbocycles. The first-order valence-corrected chi connectivity index (χ1v) is 9.15. The fraction of sp³-hybridized carbons (Fsp3) is 0.529. The second-order valence-electron chi connectivity index (χ2n) is 5.89. The average Bonchev–Trinajstić information content (AvgIpc) is 3.23. The van der Waals surface area contributed by atoms with E-state index < -0.39 is 0 Å². The lowest BCUT2D eigenvalue weighted by atomic mass is 10.1. The van der Waals surface area contributed by atoms with Crippen LogP contribution in [0, 0.1) is 5.92 Å². The molecule has 0 aliphatic rings. The Morgan fingerprint density at radius 1 is 1.38 bits per heavy atom. The summed E-state index contributed by atoms with van der Waals surface area (Å²) in [5.41, 5.74) is 1.38. The highest BCUT2D eigenvalue weighted by atomic mass is 127. The van der Waals surface area contributed by atoms with E-state index in [4.69, 9.17) is 4.99 Å². The van der Waals surface area contributed by atoms with Gasteiger partial charge in [-0.25, -0.2) is 0 Å². The van der Waals surface area contributed by atoms with Crippen molar-refractivity contribution in [3.63, 3.8) is 0 Å². The predicted octanol–water partition coefficient (Wildman–Crippen LogP) is 3.56. The minimum atomic E-state index is 0. The first-order chi connectivity index (χ1) is 11.2. The van der Waals surface area contributed by atoms with Gasteiger partial charge < -0.3 is 10.6 Å². The Morgan fingerprint density at radius 3 is 2.83 bits per heavy atom. The van der Waals surface area contributed by atoms with Gasteiger partial charge in [-0.05, 0) is 47.2 Å². The Labute approximate surface area is 166 Å². The van der Waals surface area contributed by atoms with Gasteiger partial charge in [-0.3, -0.25) is 9.67 Å². The van der Waals surface area contributed by atoms with E-state index in [-0.39, 0.29) is 24.0 Å². The molecule has 0 bridgehead atoms. The topological polar surface area (TPSA) is 54.2 Å². The molecule has 2 rings (SSSR count). The lowest BCUT2D eigenvalue weighted by Gasteiger charge is -2.16. The fourth-order valence-electron chi connectivity index (χ4n) is 2.30. The van der Waals surface area contributed by atoms with Crippen molar-refractivity contribution >= 4 is 41.3 Å². The molecular formula is C17H28IN5S. The van der Waals surface area contributed by atoms with Crippen molar-refractivity contribution in [2.45, 2.75) is 33.2 Å². The SMILES string of the molecule is CCNC(=NCC(C)Cn1cccn1)NCC(C)c1ccsc1.I. The van der Waals surface area contributed by atoms with E-state index in [0.29, 0.717) is 11.8 Å². The van der Waals surface area contributed by atoms with Crippen molar-refractivity contribution in [3.05, 3.63) is 40.8 Å². The summed E-state index contributed by atoms with van der Waals surface area (Å²) >= 11 is 1.75. The lowest BCUT2D eigenvalue weighted by molar-refractivity contribution is 0.458. The van der Waals surface area contributed by atoms with Crippen LogP contribution >= 0.6 is 35.3 Å². The highest BCUT2D eigenvalue weighted by Gasteiger charge is 2.08. The van der Waals surface area contributed by atoms with Crippen molar-refractivity contribution in [1.29, 1.82) is 0 Å². The van der Waals surface area contributed by atoms with Crippen LogP contribution in [0.2, 0.25) is 0 Å². The van der Waals surface area contributed by atoms with Crippen molar-refractivity contribution < 1.29 is 0 Å². The van der Waals surface area contributed by atoms with Gasteiger partial charge in [-0.1, -0.05) is 13.8 Å². The third-order valence-corrected chi connectivity index (χ3v) is 4.35. The van der Waals surface area contributed by atoms with Crippen LogP contribution in [0.15, 0.2) is 40.3 Å². The van der Waals surface area contributed by atoms with Gasteiger partial charge in [0, 0.05) is 38.6 Å². The van der Waals surface area contributed by atoms with Crippen LogP contribution in [0.1, 0.15) is 32.3 Å². The molecule has 2 unspecified atom stereocenters. The van der Waals surface area contributed by atoms with Gasteiger partial charge in [0.2, 0.25) is 0 Å². The number of guanidine groups is 1. The van der Waals surface area contributed by atoms with Gasteiger partial charge in [-0.2, -0.15) is 16.4 Å². The maximum absolute atomic E-state index is 4.70. The molecule has 0 radical (unpaired) electrons. The minimum Gasteiger partial charge on any atom is -0.357 e. The fourth-order valence-corrected chi connectivity index (χ4v) is 3.08. The zero-order valence-electron chi connectivity index (χ0n) is 14.6. The standard InChI is InChI=1S/C17H27N5S.HI/c1-4-18-17(20-11-15(3)16-6-9-23-13-16)19-10-14(2)12-22-8-5-7-21-22;/h5-9,13-15H,4,10-12H2,1-3H3,(H2,18,19,20);1H. The van der Waals surface area contributed by atoms with E-state index in [0.717, 1.165) is 32.1 Å². The van der Waals surface area contributed by atoms with Crippen molar-refractivity contribution in [2.75, 3.05) is 19.6 Å². The first-order valence-electron chi connectivity index (χ1n) is 8.20.